The van der Waals surface area contributed by atoms with Crippen LogP contribution in [0.1, 0.15) is 33.6 Å². The Morgan fingerprint density at radius 3 is 1.38 bits per heavy atom. The van der Waals surface area contributed by atoms with E-state index in [1.165, 1.54) is 12.8 Å². The third kappa shape index (κ3) is 32.5. The monoisotopic (exact) mass is 136 g/mol. The average Bonchev–Trinajstić information content (AvgIpc) is 1.88. The number of unbranched alkanes of at least 4 members (excludes halogenated alkanes) is 1. The second-order valence-electron chi connectivity index (χ2n) is 1.46. The van der Waals surface area contributed by atoms with Crippen LogP contribution in [-0.2, 0) is 4.52 Å². The molecule has 0 amide bonds. The standard InChI is InChI=1S/C4H10.C2H7OP/c1-3-4-2;1-2-3-4/h3-4H2,1-2H3;2,4H2,1H3. The van der Waals surface area contributed by atoms with Gasteiger partial charge in [0.05, 0.1) is 0 Å². The maximum Gasteiger partial charge on any atom is 0.0473 e. The van der Waals surface area contributed by atoms with Gasteiger partial charge in [0.15, 0.2) is 0 Å². The molecular formula is C6H17OP. The van der Waals surface area contributed by atoms with E-state index in [1.807, 2.05) is 6.92 Å². The van der Waals surface area contributed by atoms with E-state index in [0.717, 1.165) is 6.61 Å². The van der Waals surface area contributed by atoms with E-state index in [0.29, 0.717) is 0 Å². The van der Waals surface area contributed by atoms with Crippen molar-refractivity contribution in [3.8, 4) is 0 Å². The molecule has 0 saturated heterocycles. The maximum atomic E-state index is 4.46. The summed E-state index contributed by atoms with van der Waals surface area (Å²) in [5, 5.41) is 0. The lowest BCUT2D eigenvalue weighted by Gasteiger charge is -1.75. The van der Waals surface area contributed by atoms with Gasteiger partial charge in [0.2, 0.25) is 0 Å². The first-order valence-electron chi connectivity index (χ1n) is 3.15. The largest absolute Gasteiger partial charge is 0.366 e. The van der Waals surface area contributed by atoms with Crippen LogP contribution in [0.4, 0.5) is 0 Å². The van der Waals surface area contributed by atoms with Crippen LogP contribution in [0.2, 0.25) is 0 Å². The van der Waals surface area contributed by atoms with E-state index in [9.17, 15) is 0 Å². The van der Waals surface area contributed by atoms with Gasteiger partial charge >= 0.3 is 0 Å². The Labute approximate surface area is 55.1 Å². The lowest BCUT2D eigenvalue weighted by molar-refractivity contribution is 0.400. The summed E-state index contributed by atoms with van der Waals surface area (Å²) in [5.74, 6) is 0. The van der Waals surface area contributed by atoms with Crippen molar-refractivity contribution in [3.63, 3.8) is 0 Å². The molecule has 52 valence electrons. The highest BCUT2D eigenvalue weighted by molar-refractivity contribution is 7.09. The van der Waals surface area contributed by atoms with E-state index in [-0.39, 0.29) is 0 Å². The molecule has 1 nitrogen and oxygen atoms in total. The van der Waals surface area contributed by atoms with Crippen molar-refractivity contribution >= 4 is 9.47 Å². The Kier molecular flexibility index (Phi) is 22.0. The van der Waals surface area contributed by atoms with Crippen molar-refractivity contribution in [3.05, 3.63) is 0 Å². The Balaban J connectivity index is 0. The van der Waals surface area contributed by atoms with Crippen LogP contribution in [0.5, 0.6) is 0 Å². The van der Waals surface area contributed by atoms with E-state index in [2.05, 4.69) is 27.8 Å². The summed E-state index contributed by atoms with van der Waals surface area (Å²) < 4.78 is 4.46. The van der Waals surface area contributed by atoms with E-state index in [4.69, 9.17) is 0 Å². The van der Waals surface area contributed by atoms with Crippen molar-refractivity contribution in [2.75, 3.05) is 6.61 Å². The van der Waals surface area contributed by atoms with E-state index >= 15 is 0 Å². The molecule has 0 heterocycles. The number of rotatable bonds is 2. The van der Waals surface area contributed by atoms with Gasteiger partial charge in [-0.1, -0.05) is 26.7 Å². The fourth-order valence-electron chi connectivity index (χ4n) is 0. The minimum Gasteiger partial charge on any atom is -0.366 e. The molecule has 0 rings (SSSR count). The molecule has 0 bridgehead atoms. The van der Waals surface area contributed by atoms with Gasteiger partial charge in [0, 0.05) is 16.1 Å². The van der Waals surface area contributed by atoms with Crippen molar-refractivity contribution in [2.45, 2.75) is 33.6 Å². The Hall–Kier alpha value is 0.390. The first-order chi connectivity index (χ1) is 3.83. The molecule has 1 atom stereocenters. The van der Waals surface area contributed by atoms with Gasteiger partial charge in [-0.2, -0.15) is 0 Å². The Bertz CT molecular complexity index is 16.5. The highest BCUT2D eigenvalue weighted by Gasteiger charge is 1.56. The van der Waals surface area contributed by atoms with Crippen molar-refractivity contribution < 1.29 is 4.52 Å². The van der Waals surface area contributed by atoms with Crippen molar-refractivity contribution in [2.24, 2.45) is 0 Å². The summed E-state index contributed by atoms with van der Waals surface area (Å²) in [6.45, 7) is 7.08. The van der Waals surface area contributed by atoms with Gasteiger partial charge in [0.1, 0.15) is 0 Å². The SMILES string of the molecule is CCCC.CCOP. The van der Waals surface area contributed by atoms with Crippen LogP contribution in [0.3, 0.4) is 0 Å². The summed E-state index contributed by atoms with van der Waals surface area (Å²) in [4.78, 5) is 0. The molecule has 8 heavy (non-hydrogen) atoms. The van der Waals surface area contributed by atoms with Crippen LogP contribution in [0.15, 0.2) is 0 Å². The van der Waals surface area contributed by atoms with Crippen LogP contribution < -0.4 is 0 Å². The smallest absolute Gasteiger partial charge is 0.0473 e. The van der Waals surface area contributed by atoms with Gasteiger partial charge in [-0.25, -0.2) is 0 Å². The molecule has 0 N–H and O–H groups in total. The zero-order valence-electron chi connectivity index (χ0n) is 6.11. The fraction of sp³-hybridized carbons (Fsp3) is 1.00. The molecule has 0 aromatic rings. The third-order valence-corrected chi connectivity index (χ3v) is 1.00. The van der Waals surface area contributed by atoms with Crippen molar-refractivity contribution in [1.82, 2.24) is 0 Å². The molecule has 0 saturated carbocycles. The van der Waals surface area contributed by atoms with E-state index < -0.39 is 0 Å². The Morgan fingerprint density at radius 2 is 1.38 bits per heavy atom. The zero-order valence-corrected chi connectivity index (χ0v) is 7.26. The highest BCUT2D eigenvalue weighted by Crippen LogP contribution is 1.77. The molecule has 0 aliphatic carbocycles. The summed E-state index contributed by atoms with van der Waals surface area (Å²) in [6.07, 6.45) is 2.64. The van der Waals surface area contributed by atoms with Gasteiger partial charge in [-0.05, 0) is 6.92 Å². The van der Waals surface area contributed by atoms with Crippen molar-refractivity contribution in [1.29, 1.82) is 0 Å². The zero-order chi connectivity index (χ0) is 6.83. The van der Waals surface area contributed by atoms with Gasteiger partial charge in [-0.15, -0.1) is 0 Å². The van der Waals surface area contributed by atoms with Crippen LogP contribution >= 0.6 is 9.47 Å². The maximum absolute atomic E-state index is 4.46. The summed E-state index contributed by atoms with van der Waals surface area (Å²) in [6, 6.07) is 0. The van der Waals surface area contributed by atoms with Crippen LogP contribution in [0.25, 0.3) is 0 Å². The summed E-state index contributed by atoms with van der Waals surface area (Å²) in [7, 11) is 2.16. The molecule has 0 aromatic heterocycles. The van der Waals surface area contributed by atoms with E-state index in [1.54, 1.807) is 0 Å². The highest BCUT2D eigenvalue weighted by atomic mass is 31.0. The number of hydrogen-bond donors (Lipinski definition) is 0. The first-order valence-corrected chi connectivity index (χ1v) is 3.62. The lowest BCUT2D eigenvalue weighted by atomic mass is 10.4. The fourth-order valence-corrected chi connectivity index (χ4v) is 0. The lowest BCUT2D eigenvalue weighted by Crippen LogP contribution is -1.63. The summed E-state index contributed by atoms with van der Waals surface area (Å²) in [5.41, 5.74) is 0. The molecule has 2 heteroatoms. The predicted octanol–water partition coefficient (Wildman–Crippen LogP) is 2.62. The molecular weight excluding hydrogens is 119 g/mol. The molecule has 0 aliphatic heterocycles. The minimum atomic E-state index is 0.782. The van der Waals surface area contributed by atoms with Gasteiger partial charge in [-0.3, -0.25) is 0 Å². The molecule has 0 fully saturated rings. The second kappa shape index (κ2) is 15.7. The molecule has 0 aromatic carbocycles. The quantitative estimate of drug-likeness (QED) is 0.530. The molecule has 1 unspecified atom stereocenters. The molecule has 0 aliphatic rings. The summed E-state index contributed by atoms with van der Waals surface area (Å²) >= 11 is 0. The molecule has 0 spiro atoms. The van der Waals surface area contributed by atoms with Crippen LogP contribution in [0, 0.1) is 0 Å². The van der Waals surface area contributed by atoms with Gasteiger partial charge < -0.3 is 4.52 Å². The topological polar surface area (TPSA) is 9.23 Å². The second-order valence-corrected chi connectivity index (χ2v) is 1.79. The Morgan fingerprint density at radius 1 is 1.12 bits per heavy atom. The molecule has 0 radical (unpaired) electrons. The third-order valence-electron chi connectivity index (χ3n) is 0.667. The number of hydrogen-bond acceptors (Lipinski definition) is 1. The predicted molar refractivity (Wildman–Crippen MR) is 41.9 cm³/mol. The van der Waals surface area contributed by atoms with Crippen LogP contribution in [-0.4, -0.2) is 6.61 Å². The first kappa shape index (κ1) is 11.2. The van der Waals surface area contributed by atoms with Gasteiger partial charge in [0.25, 0.3) is 0 Å². The normalized spacial score (nSPS) is 7.50. The minimum absolute atomic E-state index is 0.782. The average molecular weight is 136 g/mol.